The molecule has 0 amide bonds. The van der Waals surface area contributed by atoms with E-state index < -0.39 is 0 Å². The van der Waals surface area contributed by atoms with E-state index in [0.29, 0.717) is 5.92 Å². The Morgan fingerprint density at radius 3 is 2.16 bits per heavy atom. The van der Waals surface area contributed by atoms with E-state index in [2.05, 4.69) is 25.8 Å². The van der Waals surface area contributed by atoms with Gasteiger partial charge in [0.25, 0.3) is 0 Å². The second kappa shape index (κ2) is 6.84. The molecule has 4 aliphatic rings. The van der Waals surface area contributed by atoms with E-state index in [1.54, 1.807) is 0 Å². The molecule has 5 nitrogen and oxygen atoms in total. The summed E-state index contributed by atoms with van der Waals surface area (Å²) in [5.41, 5.74) is 0. The van der Waals surface area contributed by atoms with Gasteiger partial charge in [-0.25, -0.2) is 9.97 Å². The topological polar surface area (TPSA) is 35.5 Å². The molecule has 2 saturated carbocycles. The van der Waals surface area contributed by atoms with Crippen molar-refractivity contribution in [3.8, 4) is 0 Å². The van der Waals surface area contributed by atoms with Crippen LogP contribution in [0, 0.1) is 0 Å². The molecule has 0 atom stereocenters. The third-order valence-electron chi connectivity index (χ3n) is 6.74. The Labute approximate surface area is 151 Å². The minimum atomic E-state index is 0.643. The maximum absolute atomic E-state index is 4.80. The fourth-order valence-corrected chi connectivity index (χ4v) is 4.87. The van der Waals surface area contributed by atoms with Crippen LogP contribution in [0.5, 0.6) is 0 Å². The van der Waals surface area contributed by atoms with Crippen molar-refractivity contribution in [3.63, 3.8) is 0 Å². The molecule has 5 rings (SSSR count). The van der Waals surface area contributed by atoms with Crippen molar-refractivity contribution >= 4 is 5.82 Å². The fraction of sp³-hybridized carbons (Fsp3) is 0.800. The van der Waals surface area contributed by atoms with Gasteiger partial charge in [0.1, 0.15) is 11.6 Å². The van der Waals surface area contributed by atoms with Gasteiger partial charge in [0.2, 0.25) is 0 Å². The van der Waals surface area contributed by atoms with E-state index in [1.165, 1.54) is 71.1 Å². The third-order valence-corrected chi connectivity index (χ3v) is 6.74. The minimum Gasteiger partial charge on any atom is -0.353 e. The summed E-state index contributed by atoms with van der Waals surface area (Å²) >= 11 is 0. The highest BCUT2D eigenvalue weighted by Crippen LogP contribution is 2.38. The largest absolute Gasteiger partial charge is 0.353 e. The van der Waals surface area contributed by atoms with Crippen molar-refractivity contribution in [1.82, 2.24) is 19.8 Å². The molecule has 0 spiro atoms. The highest BCUT2D eigenvalue weighted by molar-refractivity contribution is 5.42. The Bertz CT molecular complexity index is 582. The zero-order valence-electron chi connectivity index (χ0n) is 15.3. The van der Waals surface area contributed by atoms with Crippen LogP contribution in [0.3, 0.4) is 0 Å². The Morgan fingerprint density at radius 2 is 1.48 bits per heavy atom. The first-order valence-electron chi connectivity index (χ1n) is 10.4. The average molecular weight is 342 g/mol. The van der Waals surface area contributed by atoms with Gasteiger partial charge in [-0.15, -0.1) is 0 Å². The summed E-state index contributed by atoms with van der Waals surface area (Å²) in [4.78, 5) is 17.2. The van der Waals surface area contributed by atoms with Crippen LogP contribution in [0.4, 0.5) is 5.82 Å². The van der Waals surface area contributed by atoms with E-state index in [4.69, 9.17) is 4.98 Å². The number of nitrogens with zero attached hydrogens (tertiary/aromatic N) is 5. The Balaban J connectivity index is 1.11. The van der Waals surface area contributed by atoms with Crippen LogP contribution in [0.15, 0.2) is 12.3 Å². The third kappa shape index (κ3) is 3.41. The van der Waals surface area contributed by atoms with Gasteiger partial charge in [-0.05, 0) is 31.7 Å². The Kier molecular flexibility index (Phi) is 4.38. The molecule has 2 aliphatic heterocycles. The number of rotatable bonds is 4. The van der Waals surface area contributed by atoms with Crippen molar-refractivity contribution in [3.05, 3.63) is 18.1 Å². The van der Waals surface area contributed by atoms with Gasteiger partial charge in [-0.1, -0.05) is 19.3 Å². The fourth-order valence-electron chi connectivity index (χ4n) is 4.87. The van der Waals surface area contributed by atoms with E-state index in [-0.39, 0.29) is 0 Å². The molecule has 2 aliphatic carbocycles. The first-order valence-corrected chi connectivity index (χ1v) is 10.4. The van der Waals surface area contributed by atoms with Gasteiger partial charge >= 0.3 is 0 Å². The van der Waals surface area contributed by atoms with E-state index >= 15 is 0 Å². The summed E-state index contributed by atoms with van der Waals surface area (Å²) in [5, 5.41) is 0. The van der Waals surface area contributed by atoms with Crippen molar-refractivity contribution in [2.24, 2.45) is 0 Å². The second-order valence-corrected chi connectivity index (χ2v) is 8.47. The summed E-state index contributed by atoms with van der Waals surface area (Å²) in [6.07, 6.45) is 11.7. The maximum Gasteiger partial charge on any atom is 0.133 e. The SMILES string of the molecule is c1cc(N2CC(N3CCN(C4CCCCC4)CC3)C2)nc(C2CC2)n1. The average Bonchev–Trinajstić information content (AvgIpc) is 3.47. The minimum absolute atomic E-state index is 0.643. The summed E-state index contributed by atoms with van der Waals surface area (Å²) in [5.74, 6) is 2.86. The molecule has 2 saturated heterocycles. The van der Waals surface area contributed by atoms with Crippen molar-refractivity contribution in [2.45, 2.75) is 62.9 Å². The molecule has 5 heteroatoms. The zero-order valence-corrected chi connectivity index (χ0v) is 15.3. The summed E-state index contributed by atoms with van der Waals surface area (Å²) in [6, 6.07) is 3.70. The summed E-state index contributed by atoms with van der Waals surface area (Å²) < 4.78 is 0. The van der Waals surface area contributed by atoms with Crippen LogP contribution in [-0.4, -0.2) is 71.1 Å². The van der Waals surface area contributed by atoms with E-state index in [0.717, 1.165) is 36.8 Å². The van der Waals surface area contributed by atoms with Crippen LogP contribution >= 0.6 is 0 Å². The first kappa shape index (κ1) is 16.0. The second-order valence-electron chi connectivity index (χ2n) is 8.47. The molecular weight excluding hydrogens is 310 g/mol. The van der Waals surface area contributed by atoms with Gasteiger partial charge < -0.3 is 4.90 Å². The lowest BCUT2D eigenvalue weighted by molar-refractivity contribution is 0.0487. The van der Waals surface area contributed by atoms with Crippen LogP contribution in [-0.2, 0) is 0 Å². The van der Waals surface area contributed by atoms with Gasteiger partial charge in [0.05, 0.1) is 0 Å². The highest BCUT2D eigenvalue weighted by Gasteiger charge is 2.36. The predicted octanol–water partition coefficient (Wildman–Crippen LogP) is 2.49. The van der Waals surface area contributed by atoms with E-state index in [9.17, 15) is 0 Å². The van der Waals surface area contributed by atoms with Crippen LogP contribution in [0.2, 0.25) is 0 Å². The number of aromatic nitrogens is 2. The number of hydrogen-bond donors (Lipinski definition) is 0. The lowest BCUT2D eigenvalue weighted by Gasteiger charge is -2.49. The van der Waals surface area contributed by atoms with Gasteiger partial charge in [-0.2, -0.15) is 0 Å². The summed E-state index contributed by atoms with van der Waals surface area (Å²) in [6.45, 7) is 7.36. The lowest BCUT2D eigenvalue weighted by atomic mass is 9.93. The standard InChI is InChI=1S/C20H31N5/c1-2-4-17(5-3-1)23-10-12-24(13-11-23)18-14-25(15-18)19-8-9-21-20(22-19)16-6-7-16/h8-9,16-18H,1-7,10-15H2. The monoisotopic (exact) mass is 341 g/mol. The molecule has 0 radical (unpaired) electrons. The highest BCUT2D eigenvalue weighted by atomic mass is 15.4. The predicted molar refractivity (Wildman–Crippen MR) is 100 cm³/mol. The van der Waals surface area contributed by atoms with Crippen LogP contribution < -0.4 is 4.90 Å². The molecule has 1 aromatic heterocycles. The van der Waals surface area contributed by atoms with Crippen LogP contribution in [0.1, 0.15) is 56.7 Å². The van der Waals surface area contributed by atoms with Gasteiger partial charge in [0, 0.05) is 63.5 Å². The van der Waals surface area contributed by atoms with Gasteiger partial charge in [-0.3, -0.25) is 9.80 Å². The smallest absolute Gasteiger partial charge is 0.133 e. The molecule has 25 heavy (non-hydrogen) atoms. The number of anilines is 1. The summed E-state index contributed by atoms with van der Waals surface area (Å²) in [7, 11) is 0. The molecule has 0 bridgehead atoms. The Morgan fingerprint density at radius 1 is 0.800 bits per heavy atom. The van der Waals surface area contributed by atoms with Crippen molar-refractivity contribution in [2.75, 3.05) is 44.2 Å². The Hall–Kier alpha value is -1.20. The molecule has 3 heterocycles. The number of piperazine rings is 1. The zero-order chi connectivity index (χ0) is 16.6. The first-order chi connectivity index (χ1) is 12.4. The molecule has 0 aromatic carbocycles. The quantitative estimate of drug-likeness (QED) is 0.841. The molecule has 136 valence electrons. The normalized spacial score (nSPS) is 27.4. The van der Waals surface area contributed by atoms with E-state index in [1.807, 2.05) is 6.20 Å². The molecule has 0 unspecified atom stereocenters. The maximum atomic E-state index is 4.80. The van der Waals surface area contributed by atoms with Crippen molar-refractivity contribution < 1.29 is 0 Å². The van der Waals surface area contributed by atoms with Crippen molar-refractivity contribution in [1.29, 1.82) is 0 Å². The molecular formula is C20H31N5. The number of hydrogen-bond acceptors (Lipinski definition) is 5. The van der Waals surface area contributed by atoms with Crippen LogP contribution in [0.25, 0.3) is 0 Å². The van der Waals surface area contributed by atoms with Gasteiger partial charge in [0.15, 0.2) is 0 Å². The molecule has 0 N–H and O–H groups in total. The molecule has 4 fully saturated rings. The molecule has 1 aromatic rings. The lowest BCUT2D eigenvalue weighted by Crippen LogP contribution is -2.64.